The van der Waals surface area contributed by atoms with Crippen LogP contribution in [-0.4, -0.2) is 40.1 Å². The minimum atomic E-state index is -1.23. The molecule has 0 aromatic rings. The average molecular weight is 326 g/mol. The van der Waals surface area contributed by atoms with Gasteiger partial charge in [0.05, 0.1) is 6.54 Å². The second-order valence-electron chi connectivity index (χ2n) is 6.41. The van der Waals surface area contributed by atoms with Crippen LogP contribution in [0.5, 0.6) is 0 Å². The zero-order valence-corrected chi connectivity index (χ0v) is 14.1. The molecule has 0 aromatic heterocycles. The van der Waals surface area contributed by atoms with Crippen molar-refractivity contribution in [2.24, 2.45) is 4.99 Å². The molecule has 1 aliphatic rings. The Morgan fingerprint density at radius 3 is 1.96 bits per heavy atom. The van der Waals surface area contributed by atoms with Gasteiger partial charge in [0.1, 0.15) is 0 Å². The highest BCUT2D eigenvalue weighted by Crippen LogP contribution is 2.21. The van der Waals surface area contributed by atoms with Crippen molar-refractivity contribution in [3.8, 4) is 0 Å². The maximum atomic E-state index is 11.5. The van der Waals surface area contributed by atoms with Crippen LogP contribution < -0.4 is 5.32 Å². The molecule has 0 fully saturated rings. The second kappa shape index (κ2) is 10.2. The molecule has 0 saturated carbocycles. The summed E-state index contributed by atoms with van der Waals surface area (Å²) in [4.78, 5) is 26.1. The van der Waals surface area contributed by atoms with Crippen molar-refractivity contribution in [2.45, 2.75) is 83.1 Å². The van der Waals surface area contributed by atoms with E-state index in [-0.39, 0.29) is 12.4 Å². The van der Waals surface area contributed by atoms with Crippen LogP contribution in [0, 0.1) is 0 Å². The van der Waals surface area contributed by atoms with Crippen LogP contribution in [0.15, 0.2) is 4.99 Å². The van der Waals surface area contributed by atoms with Crippen molar-refractivity contribution in [1.29, 1.82) is 0 Å². The summed E-state index contributed by atoms with van der Waals surface area (Å²) in [6, 6.07) is 0. The Bertz CT molecular complexity index is 423. The van der Waals surface area contributed by atoms with Gasteiger partial charge in [0.15, 0.2) is 5.54 Å². The molecule has 0 aromatic carbocycles. The van der Waals surface area contributed by atoms with Crippen LogP contribution in [0.2, 0.25) is 0 Å². The molecule has 1 heterocycles. The van der Waals surface area contributed by atoms with Crippen LogP contribution in [0.1, 0.15) is 77.6 Å². The summed E-state index contributed by atoms with van der Waals surface area (Å²) in [5.41, 5.74) is -1.23. The molecule has 0 amide bonds. The lowest BCUT2D eigenvalue weighted by Crippen LogP contribution is -2.53. The molecule has 0 bridgehead atoms. The number of carboxylic acids is 2. The molecule has 1 rings (SSSR count). The van der Waals surface area contributed by atoms with Crippen molar-refractivity contribution in [2.75, 3.05) is 6.54 Å². The van der Waals surface area contributed by atoms with Crippen molar-refractivity contribution in [1.82, 2.24) is 5.32 Å². The van der Waals surface area contributed by atoms with E-state index in [4.69, 9.17) is 5.11 Å². The number of rotatable bonds is 13. The standard InChI is InChI=1S/C17H30N2O4/c1-2-3-4-5-6-7-8-9-10-11-12-17(16(22)23)13-18-14(19-17)15(20)21/h2-13H2,1H3,(H,18,19)(H,20,21)(H,22,23). The van der Waals surface area contributed by atoms with E-state index in [2.05, 4.69) is 17.2 Å². The first kappa shape index (κ1) is 19.5. The highest BCUT2D eigenvalue weighted by molar-refractivity contribution is 6.35. The fraction of sp³-hybridized carbons (Fsp3) is 0.824. The molecular weight excluding hydrogens is 296 g/mol. The topological polar surface area (TPSA) is 99.0 Å². The third-order valence-corrected chi connectivity index (χ3v) is 4.43. The molecule has 1 atom stereocenters. The van der Waals surface area contributed by atoms with Crippen LogP contribution in [0.3, 0.4) is 0 Å². The predicted molar refractivity (Wildman–Crippen MR) is 89.9 cm³/mol. The maximum Gasteiger partial charge on any atom is 0.371 e. The number of nitrogens with one attached hydrogen (secondary N) is 1. The van der Waals surface area contributed by atoms with E-state index in [0.717, 1.165) is 19.3 Å². The summed E-state index contributed by atoms with van der Waals surface area (Å²) in [5.74, 6) is -2.45. The third-order valence-electron chi connectivity index (χ3n) is 4.43. The summed E-state index contributed by atoms with van der Waals surface area (Å²) < 4.78 is 0. The fourth-order valence-corrected chi connectivity index (χ4v) is 2.92. The van der Waals surface area contributed by atoms with Crippen molar-refractivity contribution in [3.05, 3.63) is 0 Å². The van der Waals surface area contributed by atoms with E-state index < -0.39 is 17.5 Å². The molecule has 132 valence electrons. The fourth-order valence-electron chi connectivity index (χ4n) is 2.92. The smallest absolute Gasteiger partial charge is 0.371 e. The molecule has 23 heavy (non-hydrogen) atoms. The van der Waals surface area contributed by atoms with Gasteiger partial charge in [-0.1, -0.05) is 71.1 Å². The Labute approximate surface area is 138 Å². The predicted octanol–water partition coefficient (Wildman–Crippen LogP) is 3.21. The largest absolute Gasteiger partial charge is 0.479 e. The van der Waals surface area contributed by atoms with Gasteiger partial charge in [-0.2, -0.15) is 0 Å². The Kier molecular flexibility index (Phi) is 8.66. The number of nitrogens with zero attached hydrogens (tertiary/aromatic N) is 1. The average Bonchev–Trinajstić information content (AvgIpc) is 2.95. The summed E-state index contributed by atoms with van der Waals surface area (Å²) >= 11 is 0. The number of hydrogen-bond donors (Lipinski definition) is 3. The Hall–Kier alpha value is -1.59. The number of aliphatic imine (C=N–C) groups is 1. The minimum absolute atomic E-state index is 0.00138. The third kappa shape index (κ3) is 6.59. The first-order chi connectivity index (χ1) is 11.0. The number of carbonyl (C=O) groups is 2. The molecule has 0 radical (unpaired) electrons. The Balaban J connectivity index is 2.14. The summed E-state index contributed by atoms with van der Waals surface area (Å²) in [7, 11) is 0. The Morgan fingerprint density at radius 2 is 1.52 bits per heavy atom. The van der Waals surface area contributed by atoms with Crippen LogP contribution >= 0.6 is 0 Å². The molecule has 6 heteroatoms. The molecule has 0 spiro atoms. The molecule has 0 saturated heterocycles. The van der Waals surface area contributed by atoms with Gasteiger partial charge in [0, 0.05) is 0 Å². The van der Waals surface area contributed by atoms with Gasteiger partial charge in [0.2, 0.25) is 5.84 Å². The minimum Gasteiger partial charge on any atom is -0.479 e. The van der Waals surface area contributed by atoms with Crippen LogP contribution in [0.25, 0.3) is 0 Å². The van der Waals surface area contributed by atoms with Crippen molar-refractivity contribution in [3.63, 3.8) is 0 Å². The number of amidine groups is 1. The van der Waals surface area contributed by atoms with Gasteiger partial charge in [-0.25, -0.2) is 9.59 Å². The van der Waals surface area contributed by atoms with E-state index >= 15 is 0 Å². The molecule has 3 N–H and O–H groups in total. The van der Waals surface area contributed by atoms with E-state index in [0.29, 0.717) is 6.42 Å². The van der Waals surface area contributed by atoms with E-state index in [1.54, 1.807) is 0 Å². The number of unbranched alkanes of at least 4 members (excludes halogenated alkanes) is 9. The first-order valence-corrected chi connectivity index (χ1v) is 8.81. The highest BCUT2D eigenvalue weighted by atomic mass is 16.4. The number of carboxylic acid groups (broad SMARTS) is 2. The monoisotopic (exact) mass is 326 g/mol. The van der Waals surface area contributed by atoms with Gasteiger partial charge >= 0.3 is 11.9 Å². The summed E-state index contributed by atoms with van der Waals surface area (Å²) in [5, 5.41) is 20.9. The quantitative estimate of drug-likeness (QED) is 0.451. The number of aliphatic carboxylic acids is 2. The molecule has 1 unspecified atom stereocenters. The summed E-state index contributed by atoms with van der Waals surface area (Å²) in [6.45, 7) is 2.22. The molecule has 0 aliphatic carbocycles. The molecule has 6 nitrogen and oxygen atoms in total. The normalized spacial score (nSPS) is 20.1. The van der Waals surface area contributed by atoms with Gasteiger partial charge in [-0.3, -0.25) is 4.99 Å². The lowest BCUT2D eigenvalue weighted by molar-refractivity contribution is -0.143. The van der Waals surface area contributed by atoms with Crippen molar-refractivity contribution < 1.29 is 19.8 Å². The van der Waals surface area contributed by atoms with E-state index in [9.17, 15) is 14.7 Å². The van der Waals surface area contributed by atoms with E-state index in [1.165, 1.54) is 44.9 Å². The van der Waals surface area contributed by atoms with Gasteiger partial charge in [0.25, 0.3) is 0 Å². The highest BCUT2D eigenvalue weighted by Gasteiger charge is 2.43. The first-order valence-electron chi connectivity index (χ1n) is 8.81. The van der Waals surface area contributed by atoms with Crippen molar-refractivity contribution >= 4 is 17.8 Å². The molecular formula is C17H30N2O4. The zero-order valence-electron chi connectivity index (χ0n) is 14.1. The number of hydrogen-bond acceptors (Lipinski definition) is 4. The lowest BCUT2D eigenvalue weighted by atomic mass is 9.92. The molecule has 1 aliphatic heterocycles. The van der Waals surface area contributed by atoms with E-state index in [1.807, 2.05) is 0 Å². The lowest BCUT2D eigenvalue weighted by Gasteiger charge is -2.24. The van der Waals surface area contributed by atoms with Gasteiger partial charge < -0.3 is 15.5 Å². The second-order valence-corrected chi connectivity index (χ2v) is 6.41. The van der Waals surface area contributed by atoms with Gasteiger partial charge in [-0.05, 0) is 6.42 Å². The van der Waals surface area contributed by atoms with Crippen LogP contribution in [-0.2, 0) is 9.59 Å². The van der Waals surface area contributed by atoms with Crippen LogP contribution in [0.4, 0.5) is 0 Å². The SMILES string of the molecule is CCCCCCCCCCCCC1(C(=O)O)CN=C(C(=O)O)N1. The maximum absolute atomic E-state index is 11.5. The Morgan fingerprint density at radius 1 is 1.00 bits per heavy atom. The summed E-state index contributed by atoms with van der Waals surface area (Å²) in [6.07, 6.45) is 12.2. The zero-order chi connectivity index (χ0) is 17.1. The van der Waals surface area contributed by atoms with Gasteiger partial charge in [-0.15, -0.1) is 0 Å².